The van der Waals surface area contributed by atoms with Crippen LogP contribution < -0.4 is 5.32 Å². The molecule has 0 atom stereocenters. The number of fused-ring (bicyclic) bond motifs is 1. The smallest absolute Gasteiger partial charge is 0.227 e. The number of likely N-dealkylation sites (tertiary alicyclic amines) is 1. The first-order valence-corrected chi connectivity index (χ1v) is 10.0. The van der Waals surface area contributed by atoms with Gasteiger partial charge in [-0.25, -0.2) is 4.98 Å². The van der Waals surface area contributed by atoms with Crippen LogP contribution in [0.1, 0.15) is 29.8 Å². The number of benzene rings is 2. The summed E-state index contributed by atoms with van der Waals surface area (Å²) in [4.78, 5) is 19.9. The van der Waals surface area contributed by atoms with E-state index in [9.17, 15) is 4.79 Å². The Labute approximate surface area is 166 Å². The van der Waals surface area contributed by atoms with Crippen LogP contribution in [0.5, 0.6) is 0 Å². The third-order valence-corrected chi connectivity index (χ3v) is 6.07. The molecule has 0 bridgehead atoms. The number of piperidine rings is 1. The average molecular weight is 377 g/mol. The molecule has 1 N–H and O–H groups in total. The highest BCUT2D eigenvalue weighted by molar-refractivity contribution is 5.93. The van der Waals surface area contributed by atoms with E-state index in [1.165, 1.54) is 11.1 Å². The monoisotopic (exact) mass is 376 g/mol. The van der Waals surface area contributed by atoms with E-state index < -0.39 is 0 Å². The lowest BCUT2D eigenvalue weighted by Gasteiger charge is -2.31. The van der Waals surface area contributed by atoms with Crippen LogP contribution in [0.15, 0.2) is 42.5 Å². The molecule has 1 saturated heterocycles. The zero-order valence-corrected chi connectivity index (χ0v) is 16.9. The number of amides is 1. The second-order valence-electron chi connectivity index (χ2n) is 7.86. The van der Waals surface area contributed by atoms with E-state index in [2.05, 4.69) is 53.9 Å². The second-order valence-corrected chi connectivity index (χ2v) is 7.86. The van der Waals surface area contributed by atoms with E-state index in [-0.39, 0.29) is 11.8 Å². The number of carbonyl (C=O) groups is 1. The molecule has 0 radical (unpaired) electrons. The largest absolute Gasteiger partial charge is 0.330 e. The minimum absolute atomic E-state index is 0.0802. The van der Waals surface area contributed by atoms with Crippen molar-refractivity contribution in [1.29, 1.82) is 0 Å². The van der Waals surface area contributed by atoms with E-state index in [0.717, 1.165) is 55.1 Å². The van der Waals surface area contributed by atoms with Crippen LogP contribution in [0.25, 0.3) is 11.0 Å². The fraction of sp³-hybridized carbons (Fsp3) is 0.391. The maximum absolute atomic E-state index is 12.7. The van der Waals surface area contributed by atoms with Crippen molar-refractivity contribution in [2.24, 2.45) is 13.0 Å². The van der Waals surface area contributed by atoms with Crippen molar-refractivity contribution in [2.75, 3.05) is 18.4 Å². The summed E-state index contributed by atoms with van der Waals surface area (Å²) in [5.74, 6) is 1.31. The summed E-state index contributed by atoms with van der Waals surface area (Å²) in [6, 6.07) is 14.3. The van der Waals surface area contributed by atoms with Crippen molar-refractivity contribution in [3.8, 4) is 0 Å². The van der Waals surface area contributed by atoms with E-state index in [1.807, 2.05) is 24.3 Å². The van der Waals surface area contributed by atoms with E-state index >= 15 is 0 Å². The van der Waals surface area contributed by atoms with E-state index in [4.69, 9.17) is 4.98 Å². The molecule has 3 aromatic rings. The summed E-state index contributed by atoms with van der Waals surface area (Å²) in [5, 5.41) is 3.14. The Morgan fingerprint density at radius 1 is 1.11 bits per heavy atom. The number of rotatable bonds is 4. The molecule has 1 aliphatic rings. The Morgan fingerprint density at radius 3 is 2.61 bits per heavy atom. The molecule has 146 valence electrons. The molecular weight excluding hydrogens is 348 g/mol. The Hall–Kier alpha value is -2.66. The predicted octanol–water partition coefficient (Wildman–Crippen LogP) is 4.04. The third kappa shape index (κ3) is 3.67. The van der Waals surface area contributed by atoms with Gasteiger partial charge < -0.3 is 9.88 Å². The van der Waals surface area contributed by atoms with Gasteiger partial charge in [0.1, 0.15) is 5.82 Å². The van der Waals surface area contributed by atoms with Gasteiger partial charge >= 0.3 is 0 Å². The first-order chi connectivity index (χ1) is 13.5. The number of carbonyl (C=O) groups excluding carboxylic acids is 1. The quantitative estimate of drug-likeness (QED) is 0.748. The fourth-order valence-corrected chi connectivity index (χ4v) is 4.01. The summed E-state index contributed by atoms with van der Waals surface area (Å²) in [6.45, 7) is 6.81. The Morgan fingerprint density at radius 2 is 1.86 bits per heavy atom. The molecule has 1 fully saturated rings. The van der Waals surface area contributed by atoms with Crippen LogP contribution in [0.4, 0.5) is 5.69 Å². The van der Waals surface area contributed by atoms with Gasteiger partial charge in [0.15, 0.2) is 0 Å². The highest BCUT2D eigenvalue weighted by Gasteiger charge is 2.26. The summed E-state index contributed by atoms with van der Waals surface area (Å²) in [5.41, 5.74) is 5.50. The van der Waals surface area contributed by atoms with Crippen molar-refractivity contribution in [2.45, 2.75) is 33.2 Å². The number of hydrogen-bond donors (Lipinski definition) is 1. The molecule has 1 amide bonds. The molecule has 1 aromatic heterocycles. The van der Waals surface area contributed by atoms with Gasteiger partial charge in [-0.15, -0.1) is 0 Å². The second kappa shape index (κ2) is 7.76. The zero-order valence-electron chi connectivity index (χ0n) is 16.9. The van der Waals surface area contributed by atoms with E-state index in [1.54, 1.807) is 0 Å². The molecule has 28 heavy (non-hydrogen) atoms. The highest BCUT2D eigenvalue weighted by atomic mass is 16.1. The number of nitrogens with zero attached hydrogens (tertiary/aromatic N) is 3. The SMILES string of the molecule is Cc1cccc(NC(=O)C2CCN(Cc3nc4ccccc4n3C)CC2)c1C. The van der Waals surface area contributed by atoms with Crippen LogP contribution in [0, 0.1) is 19.8 Å². The average Bonchev–Trinajstić information content (AvgIpc) is 3.02. The molecule has 5 nitrogen and oxygen atoms in total. The van der Waals surface area contributed by atoms with Crippen molar-refractivity contribution in [3.63, 3.8) is 0 Å². The normalized spacial score (nSPS) is 15.8. The number of aromatic nitrogens is 2. The molecule has 0 aliphatic carbocycles. The summed E-state index contributed by atoms with van der Waals surface area (Å²) >= 11 is 0. The topological polar surface area (TPSA) is 50.2 Å². The molecule has 4 rings (SSSR count). The first kappa shape index (κ1) is 18.7. The number of anilines is 1. The number of nitrogens with one attached hydrogen (secondary N) is 1. The molecule has 2 heterocycles. The maximum atomic E-state index is 12.7. The number of imidazole rings is 1. The molecule has 5 heteroatoms. The van der Waals surface area contributed by atoms with Gasteiger partial charge in [0, 0.05) is 18.7 Å². The van der Waals surface area contributed by atoms with Crippen LogP contribution in [0.2, 0.25) is 0 Å². The molecule has 0 unspecified atom stereocenters. The van der Waals surface area contributed by atoms with Gasteiger partial charge in [-0.1, -0.05) is 24.3 Å². The van der Waals surface area contributed by atoms with Gasteiger partial charge in [-0.05, 0) is 69.1 Å². The van der Waals surface area contributed by atoms with Gasteiger partial charge in [-0.3, -0.25) is 9.69 Å². The molecule has 0 saturated carbocycles. The standard InChI is InChI=1S/C23H28N4O/c1-16-7-6-9-19(17(16)2)25-23(28)18-11-13-27(14-12-18)15-22-24-20-8-4-5-10-21(20)26(22)3/h4-10,18H,11-15H2,1-3H3,(H,25,28). The van der Waals surface area contributed by atoms with Gasteiger partial charge in [0.05, 0.1) is 17.6 Å². The van der Waals surface area contributed by atoms with Crippen LogP contribution in [-0.2, 0) is 18.4 Å². The van der Waals surface area contributed by atoms with Gasteiger partial charge in [0.25, 0.3) is 0 Å². The molecule has 0 spiro atoms. The lowest BCUT2D eigenvalue weighted by Crippen LogP contribution is -2.38. The predicted molar refractivity (Wildman–Crippen MR) is 113 cm³/mol. The molecular formula is C23H28N4O. The third-order valence-electron chi connectivity index (χ3n) is 6.07. The number of para-hydroxylation sites is 2. The molecule has 2 aromatic carbocycles. The number of hydrogen-bond acceptors (Lipinski definition) is 3. The minimum atomic E-state index is 0.0802. The lowest BCUT2D eigenvalue weighted by molar-refractivity contribution is -0.121. The fourth-order valence-electron chi connectivity index (χ4n) is 4.01. The minimum Gasteiger partial charge on any atom is -0.330 e. The summed E-state index contributed by atoms with van der Waals surface area (Å²) < 4.78 is 2.18. The maximum Gasteiger partial charge on any atom is 0.227 e. The Kier molecular flexibility index (Phi) is 5.18. The first-order valence-electron chi connectivity index (χ1n) is 10.0. The summed E-state index contributed by atoms with van der Waals surface area (Å²) in [6.07, 6.45) is 1.78. The van der Waals surface area contributed by atoms with Crippen LogP contribution in [-0.4, -0.2) is 33.4 Å². The van der Waals surface area contributed by atoms with Gasteiger partial charge in [-0.2, -0.15) is 0 Å². The number of aryl methyl sites for hydroxylation is 2. The van der Waals surface area contributed by atoms with Gasteiger partial charge in [0.2, 0.25) is 5.91 Å². The van der Waals surface area contributed by atoms with Crippen molar-refractivity contribution < 1.29 is 4.79 Å². The van der Waals surface area contributed by atoms with Crippen LogP contribution in [0.3, 0.4) is 0 Å². The highest BCUT2D eigenvalue weighted by Crippen LogP contribution is 2.24. The lowest BCUT2D eigenvalue weighted by atomic mass is 9.95. The summed E-state index contributed by atoms with van der Waals surface area (Å²) in [7, 11) is 2.08. The van der Waals surface area contributed by atoms with Crippen molar-refractivity contribution in [1.82, 2.24) is 14.5 Å². The Balaban J connectivity index is 1.35. The molecule has 1 aliphatic heterocycles. The van der Waals surface area contributed by atoms with Crippen molar-refractivity contribution in [3.05, 3.63) is 59.4 Å². The Bertz CT molecular complexity index is 999. The zero-order chi connectivity index (χ0) is 19.7. The van der Waals surface area contributed by atoms with Crippen molar-refractivity contribution >= 4 is 22.6 Å². The van der Waals surface area contributed by atoms with Crippen LogP contribution >= 0.6 is 0 Å². The van der Waals surface area contributed by atoms with E-state index in [0.29, 0.717) is 0 Å².